The monoisotopic (exact) mass is 337 g/mol. The molecular formula is C15H20BrN3O. The first-order chi connectivity index (χ1) is 9.63. The van der Waals surface area contributed by atoms with Crippen LogP contribution in [-0.2, 0) is 0 Å². The van der Waals surface area contributed by atoms with Gasteiger partial charge in [0.25, 0.3) is 0 Å². The highest BCUT2D eigenvalue weighted by Gasteiger charge is 2.32. The van der Waals surface area contributed by atoms with E-state index >= 15 is 0 Å². The number of carbonyl (C=O) groups is 1. The Morgan fingerprint density at radius 2 is 2.30 bits per heavy atom. The van der Waals surface area contributed by atoms with Crippen molar-refractivity contribution in [1.82, 2.24) is 15.5 Å². The van der Waals surface area contributed by atoms with Gasteiger partial charge in [0.1, 0.15) is 0 Å². The topological polar surface area (TPSA) is 44.4 Å². The van der Waals surface area contributed by atoms with Crippen molar-refractivity contribution >= 4 is 22.0 Å². The second-order valence-corrected chi connectivity index (χ2v) is 6.62. The minimum Gasteiger partial charge on any atom is -0.329 e. The number of urea groups is 1. The largest absolute Gasteiger partial charge is 0.329 e. The van der Waals surface area contributed by atoms with Gasteiger partial charge in [-0.15, -0.1) is 0 Å². The van der Waals surface area contributed by atoms with E-state index in [0.29, 0.717) is 6.04 Å². The molecule has 1 aromatic rings. The van der Waals surface area contributed by atoms with Crippen LogP contribution >= 0.6 is 15.9 Å². The third-order valence-electron chi connectivity index (χ3n) is 4.21. The summed E-state index contributed by atoms with van der Waals surface area (Å²) < 4.78 is 1.06. The van der Waals surface area contributed by atoms with Crippen molar-refractivity contribution in [3.8, 4) is 0 Å². The third-order valence-corrected chi connectivity index (χ3v) is 4.70. The molecule has 3 rings (SSSR count). The van der Waals surface area contributed by atoms with Gasteiger partial charge < -0.3 is 15.5 Å². The van der Waals surface area contributed by atoms with Gasteiger partial charge in [-0.1, -0.05) is 22.0 Å². The summed E-state index contributed by atoms with van der Waals surface area (Å²) in [4.78, 5) is 14.1. The van der Waals surface area contributed by atoms with E-state index in [1.807, 2.05) is 11.0 Å². The zero-order chi connectivity index (χ0) is 14.1. The average molecular weight is 338 g/mol. The van der Waals surface area contributed by atoms with E-state index < -0.39 is 0 Å². The smallest absolute Gasteiger partial charge is 0.318 e. The molecule has 0 aliphatic carbocycles. The lowest BCUT2D eigenvalue weighted by Crippen LogP contribution is -2.39. The van der Waals surface area contributed by atoms with Crippen molar-refractivity contribution in [3.05, 3.63) is 33.8 Å². The molecule has 2 fully saturated rings. The summed E-state index contributed by atoms with van der Waals surface area (Å²) in [6.45, 7) is 4.74. The number of amides is 2. The SMILES string of the molecule is Cc1ccc(Br)cc1C1CN(CC2CCCN2)C(=O)N1. The van der Waals surface area contributed by atoms with Crippen molar-refractivity contribution in [1.29, 1.82) is 0 Å². The fourth-order valence-corrected chi connectivity index (χ4v) is 3.47. The molecule has 0 bridgehead atoms. The van der Waals surface area contributed by atoms with Crippen molar-refractivity contribution in [2.45, 2.75) is 31.8 Å². The Morgan fingerprint density at radius 3 is 3.05 bits per heavy atom. The first-order valence-corrected chi connectivity index (χ1v) is 7.97. The first kappa shape index (κ1) is 13.9. The Labute approximate surface area is 128 Å². The van der Waals surface area contributed by atoms with Gasteiger partial charge in [-0.2, -0.15) is 0 Å². The molecule has 2 amide bonds. The van der Waals surface area contributed by atoms with Crippen LogP contribution in [0.25, 0.3) is 0 Å². The second-order valence-electron chi connectivity index (χ2n) is 5.70. The molecule has 5 heteroatoms. The van der Waals surface area contributed by atoms with Crippen molar-refractivity contribution in [2.24, 2.45) is 0 Å². The van der Waals surface area contributed by atoms with Crippen LogP contribution in [0.2, 0.25) is 0 Å². The molecule has 4 nitrogen and oxygen atoms in total. The summed E-state index contributed by atoms with van der Waals surface area (Å²) in [5, 5.41) is 6.55. The summed E-state index contributed by atoms with van der Waals surface area (Å²) >= 11 is 3.51. The lowest BCUT2D eigenvalue weighted by atomic mass is 10.0. The Morgan fingerprint density at radius 1 is 1.45 bits per heavy atom. The first-order valence-electron chi connectivity index (χ1n) is 7.18. The molecule has 0 spiro atoms. The standard InChI is InChI=1S/C15H20BrN3O/c1-10-4-5-11(16)7-13(10)14-9-19(15(20)18-14)8-12-3-2-6-17-12/h4-5,7,12,14,17H,2-3,6,8-9H2,1H3,(H,18,20). The van der Waals surface area contributed by atoms with Gasteiger partial charge in [0.05, 0.1) is 6.04 Å². The molecule has 2 aliphatic heterocycles. The lowest BCUT2D eigenvalue weighted by molar-refractivity contribution is 0.213. The minimum atomic E-state index is 0.0584. The summed E-state index contributed by atoms with van der Waals surface area (Å²) in [6, 6.07) is 6.85. The number of aryl methyl sites for hydroxylation is 1. The molecule has 2 atom stereocenters. The molecule has 2 aliphatic rings. The van der Waals surface area contributed by atoms with Crippen LogP contribution in [-0.4, -0.2) is 36.6 Å². The van der Waals surface area contributed by atoms with Gasteiger partial charge in [-0.05, 0) is 49.6 Å². The fraction of sp³-hybridized carbons (Fsp3) is 0.533. The van der Waals surface area contributed by atoms with Crippen molar-refractivity contribution < 1.29 is 4.79 Å². The Bertz CT molecular complexity index is 514. The van der Waals surface area contributed by atoms with Crippen LogP contribution in [0.15, 0.2) is 22.7 Å². The van der Waals surface area contributed by atoms with Crippen LogP contribution in [0.1, 0.15) is 30.0 Å². The molecule has 2 heterocycles. The van der Waals surface area contributed by atoms with E-state index in [9.17, 15) is 4.79 Å². The minimum absolute atomic E-state index is 0.0584. The van der Waals surface area contributed by atoms with Gasteiger partial charge in [-0.25, -0.2) is 4.79 Å². The van der Waals surface area contributed by atoms with Crippen molar-refractivity contribution in [3.63, 3.8) is 0 Å². The highest BCUT2D eigenvalue weighted by atomic mass is 79.9. The Balaban J connectivity index is 1.70. The molecule has 0 radical (unpaired) electrons. The van der Waals surface area contributed by atoms with Crippen LogP contribution in [0.4, 0.5) is 4.79 Å². The van der Waals surface area contributed by atoms with Crippen LogP contribution in [0, 0.1) is 6.92 Å². The maximum Gasteiger partial charge on any atom is 0.318 e. The predicted octanol–water partition coefficient (Wildman–Crippen LogP) is 2.58. The van der Waals surface area contributed by atoms with E-state index in [1.54, 1.807) is 0 Å². The van der Waals surface area contributed by atoms with Gasteiger partial charge in [0, 0.05) is 23.6 Å². The number of nitrogens with one attached hydrogen (secondary N) is 2. The molecule has 0 saturated carbocycles. The number of benzene rings is 1. The third kappa shape index (κ3) is 2.83. The molecule has 2 unspecified atom stereocenters. The molecule has 1 aromatic carbocycles. The Hall–Kier alpha value is -1.07. The lowest BCUT2D eigenvalue weighted by Gasteiger charge is -2.19. The summed E-state index contributed by atoms with van der Waals surface area (Å²) in [6.07, 6.45) is 2.39. The average Bonchev–Trinajstić information content (AvgIpc) is 3.04. The molecular weight excluding hydrogens is 318 g/mol. The Kier molecular flexibility index (Phi) is 3.98. The van der Waals surface area contributed by atoms with E-state index in [-0.39, 0.29) is 12.1 Å². The maximum absolute atomic E-state index is 12.1. The molecule has 0 aromatic heterocycles. The van der Waals surface area contributed by atoms with Crippen LogP contribution in [0.5, 0.6) is 0 Å². The number of hydrogen-bond acceptors (Lipinski definition) is 2. The predicted molar refractivity (Wildman–Crippen MR) is 82.7 cm³/mol. The number of rotatable bonds is 3. The highest BCUT2D eigenvalue weighted by molar-refractivity contribution is 9.10. The highest BCUT2D eigenvalue weighted by Crippen LogP contribution is 2.26. The summed E-state index contributed by atoms with van der Waals surface area (Å²) in [7, 11) is 0. The zero-order valence-electron chi connectivity index (χ0n) is 11.7. The van der Waals surface area contributed by atoms with Gasteiger partial charge >= 0.3 is 6.03 Å². The van der Waals surface area contributed by atoms with Gasteiger partial charge in [-0.3, -0.25) is 0 Å². The number of carbonyl (C=O) groups excluding carboxylic acids is 1. The maximum atomic E-state index is 12.1. The van der Waals surface area contributed by atoms with Gasteiger partial charge in [0.15, 0.2) is 0 Å². The zero-order valence-corrected chi connectivity index (χ0v) is 13.2. The normalized spacial score (nSPS) is 26.1. The fourth-order valence-electron chi connectivity index (χ4n) is 3.09. The van der Waals surface area contributed by atoms with E-state index in [4.69, 9.17) is 0 Å². The van der Waals surface area contributed by atoms with Crippen LogP contribution < -0.4 is 10.6 Å². The molecule has 2 N–H and O–H groups in total. The van der Waals surface area contributed by atoms with Crippen LogP contribution in [0.3, 0.4) is 0 Å². The van der Waals surface area contributed by atoms with E-state index in [2.05, 4.69) is 45.6 Å². The number of halogens is 1. The molecule has 20 heavy (non-hydrogen) atoms. The van der Waals surface area contributed by atoms with Crippen molar-refractivity contribution in [2.75, 3.05) is 19.6 Å². The quantitative estimate of drug-likeness (QED) is 0.890. The van der Waals surface area contributed by atoms with E-state index in [1.165, 1.54) is 24.0 Å². The number of hydrogen-bond donors (Lipinski definition) is 2. The van der Waals surface area contributed by atoms with E-state index in [0.717, 1.165) is 24.1 Å². The summed E-state index contributed by atoms with van der Waals surface area (Å²) in [5.41, 5.74) is 2.42. The molecule has 108 valence electrons. The second kappa shape index (κ2) is 5.74. The number of nitrogens with zero attached hydrogens (tertiary/aromatic N) is 1. The summed E-state index contributed by atoms with van der Waals surface area (Å²) in [5.74, 6) is 0. The van der Waals surface area contributed by atoms with Gasteiger partial charge in [0.2, 0.25) is 0 Å². The molecule has 2 saturated heterocycles.